The average Bonchev–Trinajstić information content (AvgIpc) is 2.14. The molecular formula is C12H16O2S. The highest BCUT2D eigenvalue weighted by Crippen LogP contribution is 2.29. The smallest absolute Gasteiger partial charge is 0.157 e. The van der Waals surface area contributed by atoms with Gasteiger partial charge < -0.3 is 0 Å². The minimum atomic E-state index is -2.94. The van der Waals surface area contributed by atoms with E-state index in [0.717, 1.165) is 5.56 Å². The minimum absolute atomic E-state index is 0.198. The van der Waals surface area contributed by atoms with Crippen LogP contribution in [0.4, 0.5) is 0 Å². The van der Waals surface area contributed by atoms with Gasteiger partial charge in [0, 0.05) is 0 Å². The molecule has 15 heavy (non-hydrogen) atoms. The van der Waals surface area contributed by atoms with Crippen molar-refractivity contribution >= 4 is 9.84 Å². The molecule has 0 saturated heterocycles. The summed E-state index contributed by atoms with van der Waals surface area (Å²) in [5.41, 5.74) is 2.18. The second-order valence-electron chi connectivity index (χ2n) is 4.56. The summed E-state index contributed by atoms with van der Waals surface area (Å²) in [6.07, 6.45) is 0.677. The molecule has 1 aromatic carbocycles. The van der Waals surface area contributed by atoms with Gasteiger partial charge >= 0.3 is 0 Å². The molecule has 0 saturated carbocycles. The molecule has 1 atom stereocenters. The lowest BCUT2D eigenvalue weighted by molar-refractivity contribution is 0.520. The summed E-state index contributed by atoms with van der Waals surface area (Å²) in [6, 6.07) is 7.85. The van der Waals surface area contributed by atoms with Crippen molar-refractivity contribution in [1.82, 2.24) is 0 Å². The maximum Gasteiger partial charge on any atom is 0.157 e. The zero-order valence-electron chi connectivity index (χ0n) is 9.10. The van der Waals surface area contributed by atoms with E-state index in [2.05, 4.69) is 0 Å². The third kappa shape index (κ3) is 1.93. The monoisotopic (exact) mass is 224 g/mol. The standard InChI is InChI=1S/C12H16O2S/c1-9(2)12-7-10-5-3-4-6-11(10)8-15(12,13)14/h3-6,9,12H,7-8H2,1-2H3. The average molecular weight is 224 g/mol. The van der Waals surface area contributed by atoms with E-state index < -0.39 is 9.84 Å². The van der Waals surface area contributed by atoms with E-state index in [1.165, 1.54) is 5.56 Å². The zero-order chi connectivity index (χ0) is 11.1. The van der Waals surface area contributed by atoms with E-state index in [0.29, 0.717) is 6.42 Å². The number of fused-ring (bicyclic) bond motifs is 1. The molecule has 0 amide bonds. The predicted molar refractivity (Wildman–Crippen MR) is 61.4 cm³/mol. The summed E-state index contributed by atoms with van der Waals surface area (Å²) in [5, 5.41) is -0.201. The Kier molecular flexibility index (Phi) is 2.59. The lowest BCUT2D eigenvalue weighted by Gasteiger charge is -2.27. The van der Waals surface area contributed by atoms with Gasteiger partial charge in [-0.25, -0.2) is 8.42 Å². The molecular weight excluding hydrogens is 208 g/mol. The lowest BCUT2D eigenvalue weighted by Crippen LogP contribution is -2.34. The van der Waals surface area contributed by atoms with Crippen LogP contribution < -0.4 is 0 Å². The highest BCUT2D eigenvalue weighted by Gasteiger charge is 2.33. The van der Waals surface area contributed by atoms with Crippen LogP contribution >= 0.6 is 0 Å². The number of rotatable bonds is 1. The third-order valence-corrected chi connectivity index (χ3v) is 5.45. The first-order valence-corrected chi connectivity index (χ1v) is 7.00. The molecule has 0 N–H and O–H groups in total. The van der Waals surface area contributed by atoms with Crippen molar-refractivity contribution in [2.75, 3.05) is 0 Å². The van der Waals surface area contributed by atoms with Gasteiger partial charge in [-0.05, 0) is 23.5 Å². The summed E-state index contributed by atoms with van der Waals surface area (Å²) in [5.74, 6) is 0.412. The number of hydrogen-bond donors (Lipinski definition) is 0. The molecule has 1 aliphatic heterocycles. The Balaban J connectivity index is 2.45. The maximum atomic E-state index is 12.0. The van der Waals surface area contributed by atoms with E-state index in [-0.39, 0.29) is 16.9 Å². The van der Waals surface area contributed by atoms with Gasteiger partial charge in [0.25, 0.3) is 0 Å². The normalized spacial score (nSPS) is 23.8. The molecule has 0 spiro atoms. The zero-order valence-corrected chi connectivity index (χ0v) is 9.92. The highest BCUT2D eigenvalue weighted by molar-refractivity contribution is 7.91. The second kappa shape index (κ2) is 3.63. The van der Waals surface area contributed by atoms with Gasteiger partial charge in [0.2, 0.25) is 0 Å². The van der Waals surface area contributed by atoms with Crippen LogP contribution in [0.15, 0.2) is 24.3 Å². The van der Waals surface area contributed by atoms with Crippen molar-refractivity contribution in [1.29, 1.82) is 0 Å². The van der Waals surface area contributed by atoms with Gasteiger partial charge in [0.15, 0.2) is 9.84 Å². The van der Waals surface area contributed by atoms with Crippen molar-refractivity contribution in [3.63, 3.8) is 0 Å². The van der Waals surface area contributed by atoms with Crippen molar-refractivity contribution in [2.24, 2.45) is 5.92 Å². The summed E-state index contributed by atoms with van der Waals surface area (Å²) in [7, 11) is -2.94. The number of benzene rings is 1. The Bertz CT molecular complexity index is 460. The predicted octanol–water partition coefficient (Wildman–Crippen LogP) is 2.18. The Morgan fingerprint density at radius 1 is 1.20 bits per heavy atom. The van der Waals surface area contributed by atoms with Gasteiger partial charge in [0.05, 0.1) is 11.0 Å². The molecule has 0 radical (unpaired) electrons. The lowest BCUT2D eigenvalue weighted by atomic mass is 9.98. The van der Waals surface area contributed by atoms with Crippen LogP contribution in [0.25, 0.3) is 0 Å². The third-order valence-electron chi connectivity index (χ3n) is 3.10. The van der Waals surface area contributed by atoms with Crippen molar-refractivity contribution in [3.05, 3.63) is 35.4 Å². The largest absolute Gasteiger partial charge is 0.228 e. The Morgan fingerprint density at radius 2 is 1.80 bits per heavy atom. The van der Waals surface area contributed by atoms with E-state index in [4.69, 9.17) is 0 Å². The van der Waals surface area contributed by atoms with E-state index in [9.17, 15) is 8.42 Å². The molecule has 0 bridgehead atoms. The molecule has 0 aliphatic carbocycles. The molecule has 2 rings (SSSR count). The molecule has 0 aromatic heterocycles. The fourth-order valence-corrected chi connectivity index (χ4v) is 4.41. The molecule has 1 heterocycles. The molecule has 82 valence electrons. The van der Waals surface area contributed by atoms with Crippen molar-refractivity contribution in [2.45, 2.75) is 31.3 Å². The number of hydrogen-bond acceptors (Lipinski definition) is 2. The van der Waals surface area contributed by atoms with E-state index in [1.54, 1.807) is 0 Å². The fourth-order valence-electron chi connectivity index (χ4n) is 2.22. The van der Waals surface area contributed by atoms with Crippen LogP contribution in [0.1, 0.15) is 25.0 Å². The molecule has 1 aromatic rings. The fraction of sp³-hybridized carbons (Fsp3) is 0.500. The summed E-state index contributed by atoms with van der Waals surface area (Å²) < 4.78 is 24.0. The molecule has 2 nitrogen and oxygen atoms in total. The Hall–Kier alpha value is -0.830. The van der Waals surface area contributed by atoms with Crippen LogP contribution in [0, 0.1) is 5.92 Å². The quantitative estimate of drug-likeness (QED) is 0.732. The Morgan fingerprint density at radius 3 is 2.40 bits per heavy atom. The topological polar surface area (TPSA) is 34.1 Å². The van der Waals surface area contributed by atoms with Gasteiger partial charge in [-0.3, -0.25) is 0 Å². The minimum Gasteiger partial charge on any atom is -0.228 e. The summed E-state index contributed by atoms with van der Waals surface area (Å²) in [6.45, 7) is 3.96. The first-order chi connectivity index (χ1) is 7.00. The molecule has 3 heteroatoms. The Labute approximate surface area is 91.2 Å². The molecule has 1 unspecified atom stereocenters. The van der Waals surface area contributed by atoms with Crippen molar-refractivity contribution in [3.8, 4) is 0 Å². The first kappa shape index (κ1) is 10.7. The van der Waals surface area contributed by atoms with Crippen LogP contribution in [-0.4, -0.2) is 13.7 Å². The SMILES string of the molecule is CC(C)C1Cc2ccccc2CS1(=O)=O. The summed E-state index contributed by atoms with van der Waals surface area (Å²) >= 11 is 0. The van der Waals surface area contributed by atoms with Crippen molar-refractivity contribution < 1.29 is 8.42 Å². The number of sulfone groups is 1. The maximum absolute atomic E-state index is 12.0. The van der Waals surface area contributed by atoms with E-state index in [1.807, 2.05) is 38.1 Å². The highest BCUT2D eigenvalue weighted by atomic mass is 32.2. The van der Waals surface area contributed by atoms with Crippen LogP contribution in [0.2, 0.25) is 0 Å². The van der Waals surface area contributed by atoms with Gasteiger partial charge in [-0.1, -0.05) is 38.1 Å². The van der Waals surface area contributed by atoms with Crippen LogP contribution in [-0.2, 0) is 22.0 Å². The van der Waals surface area contributed by atoms with Gasteiger partial charge in [-0.15, -0.1) is 0 Å². The summed E-state index contributed by atoms with van der Waals surface area (Å²) in [4.78, 5) is 0. The second-order valence-corrected chi connectivity index (χ2v) is 6.78. The molecule has 1 aliphatic rings. The van der Waals surface area contributed by atoms with E-state index >= 15 is 0 Å². The van der Waals surface area contributed by atoms with Gasteiger partial charge in [0.1, 0.15) is 0 Å². The van der Waals surface area contributed by atoms with Crippen LogP contribution in [0.5, 0.6) is 0 Å². The van der Waals surface area contributed by atoms with Crippen LogP contribution in [0.3, 0.4) is 0 Å². The first-order valence-electron chi connectivity index (χ1n) is 5.29. The van der Waals surface area contributed by atoms with Gasteiger partial charge in [-0.2, -0.15) is 0 Å². The molecule has 0 fully saturated rings.